The van der Waals surface area contributed by atoms with E-state index in [1.54, 1.807) is 14.2 Å². The van der Waals surface area contributed by atoms with E-state index in [1.807, 2.05) is 18.2 Å². The second kappa shape index (κ2) is 17.4. The molecule has 4 nitrogen and oxygen atoms in total. The maximum Gasteiger partial charge on any atom is 0.184 e. The van der Waals surface area contributed by atoms with Crippen LogP contribution in [0.1, 0.15) is 100 Å². The van der Waals surface area contributed by atoms with E-state index in [0.29, 0.717) is 18.0 Å². The Bertz CT molecular complexity index is 1040. The van der Waals surface area contributed by atoms with Crippen molar-refractivity contribution in [2.75, 3.05) is 27.4 Å². The van der Waals surface area contributed by atoms with Gasteiger partial charge in [0.2, 0.25) is 0 Å². The van der Waals surface area contributed by atoms with Crippen molar-refractivity contribution in [1.82, 2.24) is 0 Å². The van der Waals surface area contributed by atoms with Gasteiger partial charge in [-0.15, -0.1) is 0 Å². The van der Waals surface area contributed by atoms with Crippen molar-refractivity contribution >= 4 is 28.9 Å². The number of aliphatic hydroxyl groups is 1. The molecule has 7 heteroatoms. The Balaban J connectivity index is 0.00000507. The Morgan fingerprint density at radius 2 is 1.53 bits per heavy atom. The lowest BCUT2D eigenvalue weighted by atomic mass is 9.84. The van der Waals surface area contributed by atoms with Gasteiger partial charge in [-0.3, -0.25) is 0 Å². The van der Waals surface area contributed by atoms with Gasteiger partial charge in [-0.1, -0.05) is 81.5 Å². The number of hydrogen-bond donors (Lipinski definition) is 1. The minimum atomic E-state index is 0. The summed E-state index contributed by atoms with van der Waals surface area (Å²) in [5.41, 5.74) is 4.75. The van der Waals surface area contributed by atoms with Gasteiger partial charge in [0.05, 0.1) is 19.2 Å². The third-order valence-corrected chi connectivity index (χ3v) is 8.10. The van der Waals surface area contributed by atoms with E-state index in [4.69, 9.17) is 32.7 Å². The van der Waals surface area contributed by atoms with Crippen LogP contribution in [-0.4, -0.2) is 42.8 Å². The van der Waals surface area contributed by atoms with Crippen molar-refractivity contribution < 1.29 is 36.1 Å². The molecule has 0 aliphatic carbocycles. The standard InChI is InChI=1S/C31H44Cl2NO3.BrH/c1-4-5-6-7-8-9-10-11-12-13-29-27-20-31(37-3)30(36-2)19-26(27)23(16-17-35)21-34(29)22-24-18-25(32)14-15-28(24)33;/h14-15,18-20,23,35H,4-13,16-17,21-22H2,1-3H3;1H/q+1;/p-1. The smallest absolute Gasteiger partial charge is 0.184 e. The predicted octanol–water partition coefficient (Wildman–Crippen LogP) is 5.42. The van der Waals surface area contributed by atoms with Crippen molar-refractivity contribution in [3.8, 4) is 11.5 Å². The first-order chi connectivity index (χ1) is 18.0. The average molecular weight is 630 g/mol. The first-order valence-corrected chi connectivity index (χ1v) is 14.7. The second-order valence-electron chi connectivity index (χ2n) is 10.1. The number of ether oxygens (including phenoxy) is 2. The molecule has 1 N–H and O–H groups in total. The molecule has 1 heterocycles. The predicted molar refractivity (Wildman–Crippen MR) is 155 cm³/mol. The molecule has 0 saturated heterocycles. The Hall–Kier alpha value is -1.27. The summed E-state index contributed by atoms with van der Waals surface area (Å²) in [6, 6.07) is 9.89. The highest BCUT2D eigenvalue weighted by Gasteiger charge is 2.34. The van der Waals surface area contributed by atoms with Gasteiger partial charge in [-0.25, -0.2) is 4.58 Å². The molecular weight excluding hydrogens is 585 g/mol. The topological polar surface area (TPSA) is 41.7 Å². The summed E-state index contributed by atoms with van der Waals surface area (Å²) in [7, 11) is 3.36. The fourth-order valence-corrected chi connectivity index (χ4v) is 5.83. The Kier molecular flexibility index (Phi) is 15.1. The molecule has 1 aliphatic heterocycles. The number of nitrogens with zero attached hydrogens (tertiary/aromatic N) is 1. The molecule has 0 amide bonds. The molecule has 1 atom stereocenters. The van der Waals surface area contributed by atoms with Crippen LogP contribution in [0.4, 0.5) is 0 Å². The quantitative estimate of drug-likeness (QED) is 0.200. The van der Waals surface area contributed by atoms with Crippen LogP contribution in [0.5, 0.6) is 11.5 Å². The summed E-state index contributed by atoms with van der Waals surface area (Å²) in [6.07, 6.45) is 13.4. The molecule has 0 bridgehead atoms. The van der Waals surface area contributed by atoms with E-state index in [-0.39, 0.29) is 29.5 Å². The van der Waals surface area contributed by atoms with E-state index in [9.17, 15) is 5.11 Å². The molecule has 2 aromatic carbocycles. The zero-order valence-electron chi connectivity index (χ0n) is 23.2. The monoisotopic (exact) mass is 627 g/mol. The number of fused-ring (bicyclic) bond motifs is 1. The summed E-state index contributed by atoms with van der Waals surface area (Å²) < 4.78 is 13.8. The maximum atomic E-state index is 9.87. The lowest BCUT2D eigenvalue weighted by molar-refractivity contribution is -0.549. The van der Waals surface area contributed by atoms with Gasteiger partial charge in [0.1, 0.15) is 6.54 Å². The number of unbranched alkanes of at least 4 members (excludes halogenated alkanes) is 8. The summed E-state index contributed by atoms with van der Waals surface area (Å²) in [6.45, 7) is 3.90. The molecular formula is C31H44BrCl2NO3. The second-order valence-corrected chi connectivity index (χ2v) is 11.0. The van der Waals surface area contributed by atoms with E-state index in [2.05, 4.69) is 23.6 Å². The van der Waals surface area contributed by atoms with Crippen LogP contribution in [0.2, 0.25) is 10.0 Å². The van der Waals surface area contributed by atoms with Crippen LogP contribution in [-0.2, 0) is 6.54 Å². The molecule has 0 fully saturated rings. The van der Waals surface area contributed by atoms with Gasteiger partial charge in [0.15, 0.2) is 23.8 Å². The van der Waals surface area contributed by atoms with Gasteiger partial charge >= 0.3 is 0 Å². The minimum absolute atomic E-state index is 0. The zero-order valence-corrected chi connectivity index (χ0v) is 26.3. The van der Waals surface area contributed by atoms with Crippen LogP contribution in [0.15, 0.2) is 30.3 Å². The molecule has 38 heavy (non-hydrogen) atoms. The first kappa shape index (κ1) is 32.9. The molecule has 1 aliphatic rings. The van der Waals surface area contributed by atoms with Gasteiger partial charge < -0.3 is 31.6 Å². The van der Waals surface area contributed by atoms with E-state index in [0.717, 1.165) is 41.5 Å². The summed E-state index contributed by atoms with van der Waals surface area (Å²) in [5.74, 6) is 1.65. The Labute approximate surface area is 250 Å². The number of rotatable bonds is 16. The first-order valence-electron chi connectivity index (χ1n) is 13.9. The van der Waals surface area contributed by atoms with Crippen LogP contribution < -0.4 is 26.5 Å². The fraction of sp³-hybridized carbons (Fsp3) is 0.581. The van der Waals surface area contributed by atoms with Crippen molar-refractivity contribution in [3.05, 3.63) is 57.1 Å². The van der Waals surface area contributed by atoms with Crippen LogP contribution in [0.25, 0.3) is 0 Å². The maximum absolute atomic E-state index is 9.87. The normalized spacial score (nSPS) is 14.7. The minimum Gasteiger partial charge on any atom is -1.00 e. The highest BCUT2D eigenvalue weighted by Crippen LogP contribution is 2.39. The number of aliphatic hydroxyl groups excluding tert-OH is 1. The molecule has 3 rings (SSSR count). The van der Waals surface area contributed by atoms with Crippen molar-refractivity contribution in [2.24, 2.45) is 0 Å². The van der Waals surface area contributed by atoms with Gasteiger partial charge in [0.25, 0.3) is 0 Å². The highest BCUT2D eigenvalue weighted by molar-refractivity contribution is 6.33. The molecule has 2 aromatic rings. The molecule has 1 unspecified atom stereocenters. The fourth-order valence-electron chi connectivity index (χ4n) is 5.46. The van der Waals surface area contributed by atoms with Crippen LogP contribution in [0.3, 0.4) is 0 Å². The molecule has 0 spiro atoms. The van der Waals surface area contributed by atoms with Crippen molar-refractivity contribution in [2.45, 2.75) is 90.0 Å². The van der Waals surface area contributed by atoms with Crippen molar-refractivity contribution in [3.63, 3.8) is 0 Å². The number of hydrogen-bond acceptors (Lipinski definition) is 3. The van der Waals surface area contributed by atoms with Crippen LogP contribution in [0, 0.1) is 0 Å². The molecule has 0 aromatic heterocycles. The molecule has 0 radical (unpaired) electrons. The number of halogens is 3. The van der Waals surface area contributed by atoms with E-state index >= 15 is 0 Å². The Morgan fingerprint density at radius 1 is 0.895 bits per heavy atom. The summed E-state index contributed by atoms with van der Waals surface area (Å²) >= 11 is 12.9. The lowest BCUT2D eigenvalue weighted by Gasteiger charge is -2.27. The van der Waals surface area contributed by atoms with Gasteiger partial charge in [-0.05, 0) is 48.7 Å². The molecule has 0 saturated carbocycles. The summed E-state index contributed by atoms with van der Waals surface area (Å²) in [4.78, 5) is 0. The van der Waals surface area contributed by atoms with Crippen molar-refractivity contribution in [1.29, 1.82) is 0 Å². The van der Waals surface area contributed by atoms with Gasteiger partial charge in [-0.2, -0.15) is 0 Å². The SMILES string of the molecule is CCCCCCCCCCCC1=[N+](Cc2cc(Cl)ccc2Cl)CC(CCO)c2cc(OC)c(OC)cc21.[Br-]. The molecule has 212 valence electrons. The van der Waals surface area contributed by atoms with Gasteiger partial charge in [0, 0.05) is 35.1 Å². The van der Waals surface area contributed by atoms with E-state index < -0.39 is 0 Å². The van der Waals surface area contributed by atoms with E-state index in [1.165, 1.54) is 68.2 Å². The number of benzene rings is 2. The highest BCUT2D eigenvalue weighted by atomic mass is 79.9. The Morgan fingerprint density at radius 3 is 2.16 bits per heavy atom. The number of methoxy groups -OCH3 is 2. The third-order valence-electron chi connectivity index (χ3n) is 7.49. The van der Waals surface area contributed by atoms with Crippen LogP contribution >= 0.6 is 23.2 Å². The largest absolute Gasteiger partial charge is 1.00 e. The zero-order chi connectivity index (χ0) is 26.6. The lowest BCUT2D eigenvalue weighted by Crippen LogP contribution is -3.00. The third kappa shape index (κ3) is 9.15. The summed E-state index contributed by atoms with van der Waals surface area (Å²) in [5, 5.41) is 11.3. The average Bonchev–Trinajstić information content (AvgIpc) is 2.90.